The standard InChI is InChI=1S/C33H31NO5/c1-33(2,3)23-16-13-21(14-17-23)29-28(30(35)22-15-18-26(38-4)27(19-22)39-5)31(36)32(37)34(29)25-12-8-10-20-9-6-7-11-24(20)25/h6-19,29,35H,1-5H3/b30-28+. The fraction of sp³-hybridized carbons (Fsp3) is 0.212. The van der Waals surface area contributed by atoms with E-state index in [0.717, 1.165) is 21.9 Å². The SMILES string of the molecule is COc1ccc(/C(O)=C2\C(=O)C(=O)N(c3cccc4ccccc34)C2c2ccc(C(C)(C)C)cc2)cc1OC. The number of ketones is 1. The molecule has 1 saturated heterocycles. The van der Waals surface area contributed by atoms with Gasteiger partial charge in [-0.05, 0) is 46.2 Å². The number of ether oxygens (including phenoxy) is 2. The maximum Gasteiger partial charge on any atom is 0.300 e. The van der Waals surface area contributed by atoms with Crippen molar-refractivity contribution in [3.63, 3.8) is 0 Å². The molecule has 0 aliphatic carbocycles. The lowest BCUT2D eigenvalue weighted by Crippen LogP contribution is -2.29. The van der Waals surface area contributed by atoms with E-state index in [4.69, 9.17) is 9.47 Å². The van der Waals surface area contributed by atoms with Gasteiger partial charge in [-0.3, -0.25) is 14.5 Å². The first-order valence-corrected chi connectivity index (χ1v) is 12.8. The third-order valence-electron chi connectivity index (χ3n) is 7.22. The number of hydrogen-bond donors (Lipinski definition) is 1. The number of anilines is 1. The highest BCUT2D eigenvalue weighted by molar-refractivity contribution is 6.52. The molecule has 6 nitrogen and oxygen atoms in total. The molecule has 0 bridgehead atoms. The number of rotatable bonds is 5. The smallest absolute Gasteiger partial charge is 0.300 e. The summed E-state index contributed by atoms with van der Waals surface area (Å²) in [6.45, 7) is 6.38. The average molecular weight is 522 g/mol. The molecule has 0 spiro atoms. The van der Waals surface area contributed by atoms with Crippen LogP contribution in [-0.4, -0.2) is 31.0 Å². The lowest BCUT2D eigenvalue weighted by Gasteiger charge is -2.27. The van der Waals surface area contributed by atoms with Crippen molar-refractivity contribution >= 4 is 33.9 Å². The molecule has 0 aromatic heterocycles. The van der Waals surface area contributed by atoms with Crippen LogP contribution in [-0.2, 0) is 15.0 Å². The Balaban J connectivity index is 1.75. The van der Waals surface area contributed by atoms with Gasteiger partial charge in [0.1, 0.15) is 5.76 Å². The largest absolute Gasteiger partial charge is 0.507 e. The second-order valence-corrected chi connectivity index (χ2v) is 10.6. The summed E-state index contributed by atoms with van der Waals surface area (Å²) >= 11 is 0. The first kappa shape index (κ1) is 26.0. The predicted molar refractivity (Wildman–Crippen MR) is 153 cm³/mol. The summed E-state index contributed by atoms with van der Waals surface area (Å²) in [5.41, 5.74) is 2.73. The molecule has 1 aliphatic rings. The molecular weight excluding hydrogens is 490 g/mol. The third kappa shape index (κ3) is 4.52. The first-order valence-electron chi connectivity index (χ1n) is 12.8. The molecule has 1 heterocycles. The number of amides is 1. The quantitative estimate of drug-likeness (QED) is 0.178. The van der Waals surface area contributed by atoms with Gasteiger partial charge in [0.05, 0.1) is 31.5 Å². The van der Waals surface area contributed by atoms with Gasteiger partial charge in [0, 0.05) is 10.9 Å². The summed E-state index contributed by atoms with van der Waals surface area (Å²) in [7, 11) is 3.02. The Bertz CT molecular complexity index is 1610. The summed E-state index contributed by atoms with van der Waals surface area (Å²) in [4.78, 5) is 28.9. The molecule has 1 unspecified atom stereocenters. The Morgan fingerprint density at radius 3 is 2.15 bits per heavy atom. The molecular formula is C33H31NO5. The van der Waals surface area contributed by atoms with E-state index in [0.29, 0.717) is 22.7 Å². The van der Waals surface area contributed by atoms with Crippen LogP contribution >= 0.6 is 0 Å². The number of hydrogen-bond acceptors (Lipinski definition) is 5. The second kappa shape index (κ2) is 9.95. The van der Waals surface area contributed by atoms with Crippen molar-refractivity contribution in [2.24, 2.45) is 0 Å². The third-order valence-corrected chi connectivity index (χ3v) is 7.22. The highest BCUT2D eigenvalue weighted by Crippen LogP contribution is 2.45. The number of carbonyl (C=O) groups excluding carboxylic acids is 2. The molecule has 198 valence electrons. The van der Waals surface area contributed by atoms with Crippen LogP contribution in [0.15, 0.2) is 90.5 Å². The van der Waals surface area contributed by atoms with Crippen molar-refractivity contribution in [2.45, 2.75) is 32.2 Å². The topological polar surface area (TPSA) is 76.1 Å². The van der Waals surface area contributed by atoms with Gasteiger partial charge >= 0.3 is 0 Å². The molecule has 6 heteroatoms. The van der Waals surface area contributed by atoms with Crippen LogP contribution in [0.3, 0.4) is 0 Å². The van der Waals surface area contributed by atoms with Gasteiger partial charge in [0.25, 0.3) is 11.7 Å². The highest BCUT2D eigenvalue weighted by Gasteiger charge is 2.47. The summed E-state index contributed by atoms with van der Waals surface area (Å²) in [5.74, 6) is -0.837. The Labute approximate surface area is 228 Å². The van der Waals surface area contributed by atoms with Crippen LogP contribution in [0.5, 0.6) is 11.5 Å². The van der Waals surface area contributed by atoms with Crippen LogP contribution in [0.25, 0.3) is 16.5 Å². The van der Waals surface area contributed by atoms with Crippen molar-refractivity contribution in [3.05, 3.63) is 107 Å². The van der Waals surface area contributed by atoms with E-state index >= 15 is 0 Å². The van der Waals surface area contributed by atoms with Crippen molar-refractivity contribution < 1.29 is 24.2 Å². The molecule has 39 heavy (non-hydrogen) atoms. The van der Waals surface area contributed by atoms with Crippen LogP contribution < -0.4 is 14.4 Å². The maximum atomic E-state index is 13.7. The van der Waals surface area contributed by atoms with E-state index in [2.05, 4.69) is 20.8 Å². The molecule has 5 rings (SSSR count). The van der Waals surface area contributed by atoms with Gasteiger partial charge in [-0.1, -0.05) is 81.4 Å². The van der Waals surface area contributed by atoms with Crippen LogP contribution in [0.1, 0.15) is 43.5 Å². The van der Waals surface area contributed by atoms with Gasteiger partial charge in [0.2, 0.25) is 0 Å². The molecule has 1 aliphatic heterocycles. The monoisotopic (exact) mass is 521 g/mol. The number of Topliss-reactive ketones (excluding diaryl/α,β-unsaturated/α-hetero) is 1. The second-order valence-electron chi connectivity index (χ2n) is 10.6. The molecule has 4 aromatic rings. The minimum atomic E-state index is -0.835. The number of fused-ring (bicyclic) bond motifs is 1. The van der Waals surface area contributed by atoms with Crippen molar-refractivity contribution in [3.8, 4) is 11.5 Å². The molecule has 0 saturated carbocycles. The zero-order chi connectivity index (χ0) is 27.9. The van der Waals surface area contributed by atoms with Gasteiger partial charge < -0.3 is 14.6 Å². The summed E-state index contributed by atoms with van der Waals surface area (Å²) < 4.78 is 10.7. The van der Waals surface area contributed by atoms with E-state index in [1.54, 1.807) is 18.2 Å². The van der Waals surface area contributed by atoms with E-state index in [9.17, 15) is 14.7 Å². The lowest BCUT2D eigenvalue weighted by atomic mass is 9.85. The zero-order valence-corrected chi connectivity index (χ0v) is 22.7. The number of aliphatic hydroxyl groups excluding tert-OH is 1. The van der Waals surface area contributed by atoms with Crippen LogP contribution in [0, 0.1) is 0 Å². The normalized spacial score (nSPS) is 17.1. The number of methoxy groups -OCH3 is 2. The van der Waals surface area contributed by atoms with Gasteiger partial charge in [-0.25, -0.2) is 0 Å². The Morgan fingerprint density at radius 2 is 1.49 bits per heavy atom. The first-order chi connectivity index (χ1) is 18.7. The van der Waals surface area contributed by atoms with E-state index < -0.39 is 17.7 Å². The predicted octanol–water partition coefficient (Wildman–Crippen LogP) is 6.78. The maximum absolute atomic E-state index is 13.7. The molecule has 0 radical (unpaired) electrons. The van der Waals surface area contributed by atoms with Crippen molar-refractivity contribution in [2.75, 3.05) is 19.1 Å². The fourth-order valence-electron chi connectivity index (χ4n) is 5.12. The van der Waals surface area contributed by atoms with E-state index in [1.165, 1.54) is 19.1 Å². The van der Waals surface area contributed by atoms with Crippen LogP contribution in [0.4, 0.5) is 5.69 Å². The molecule has 1 fully saturated rings. The zero-order valence-electron chi connectivity index (χ0n) is 22.7. The number of nitrogens with zero attached hydrogens (tertiary/aromatic N) is 1. The fourth-order valence-corrected chi connectivity index (χ4v) is 5.12. The Hall–Kier alpha value is -4.58. The Kier molecular flexibility index (Phi) is 6.64. The number of carbonyl (C=O) groups is 2. The van der Waals surface area contributed by atoms with Crippen molar-refractivity contribution in [1.82, 2.24) is 0 Å². The van der Waals surface area contributed by atoms with Crippen molar-refractivity contribution in [1.29, 1.82) is 0 Å². The molecule has 1 amide bonds. The summed E-state index contributed by atoms with van der Waals surface area (Å²) in [6.07, 6.45) is 0. The lowest BCUT2D eigenvalue weighted by molar-refractivity contribution is -0.132. The molecule has 4 aromatic carbocycles. The minimum absolute atomic E-state index is 0.0173. The number of aliphatic hydroxyl groups is 1. The van der Waals surface area contributed by atoms with Gasteiger partial charge in [-0.2, -0.15) is 0 Å². The van der Waals surface area contributed by atoms with Gasteiger partial charge in [-0.15, -0.1) is 0 Å². The van der Waals surface area contributed by atoms with E-state index in [1.807, 2.05) is 66.7 Å². The number of benzene rings is 4. The highest BCUT2D eigenvalue weighted by atomic mass is 16.5. The average Bonchev–Trinajstić information content (AvgIpc) is 3.21. The molecule has 1 N–H and O–H groups in total. The van der Waals surface area contributed by atoms with Crippen LogP contribution in [0.2, 0.25) is 0 Å². The Morgan fingerprint density at radius 1 is 0.821 bits per heavy atom. The van der Waals surface area contributed by atoms with Gasteiger partial charge in [0.15, 0.2) is 11.5 Å². The molecule has 1 atom stereocenters. The summed E-state index contributed by atoms with van der Waals surface area (Å²) in [6, 6.07) is 25.3. The van der Waals surface area contributed by atoms with E-state index in [-0.39, 0.29) is 16.7 Å². The summed E-state index contributed by atoms with van der Waals surface area (Å²) in [5, 5.41) is 13.3. The minimum Gasteiger partial charge on any atom is -0.507 e.